The Kier molecular flexibility index (Phi) is 37.5. The molecular weight excluding hydrogens is 767 g/mol. The molecule has 7 unspecified atom stereocenters. The normalized spacial score (nSPS) is 21.5. The third-order valence-electron chi connectivity index (χ3n) is 10.4. The molecule has 7 atom stereocenters. The van der Waals surface area contributed by atoms with Crippen LogP contribution in [0.3, 0.4) is 0 Å². The maximum absolute atomic E-state index is 12.9. The highest BCUT2D eigenvalue weighted by Crippen LogP contribution is 2.23. The van der Waals surface area contributed by atoms with Gasteiger partial charge in [0.05, 0.1) is 25.4 Å². The molecule has 9 nitrogen and oxygen atoms in total. The number of hydrogen-bond acceptors (Lipinski definition) is 8. The van der Waals surface area contributed by atoms with E-state index in [1.807, 2.05) is 0 Å². The molecule has 0 radical (unpaired) electrons. The minimum atomic E-state index is -1.57. The molecule has 0 bridgehead atoms. The van der Waals surface area contributed by atoms with E-state index >= 15 is 0 Å². The van der Waals surface area contributed by atoms with Crippen molar-refractivity contribution in [3.05, 3.63) is 109 Å². The van der Waals surface area contributed by atoms with Crippen molar-refractivity contribution >= 4 is 5.91 Å². The summed E-state index contributed by atoms with van der Waals surface area (Å²) in [5.74, 6) is -0.211. The Morgan fingerprint density at radius 2 is 1.00 bits per heavy atom. The van der Waals surface area contributed by atoms with Crippen LogP contribution in [0.25, 0.3) is 0 Å². The maximum Gasteiger partial charge on any atom is 0.220 e. The van der Waals surface area contributed by atoms with Crippen LogP contribution in [-0.2, 0) is 14.3 Å². The molecule has 1 rings (SSSR count). The minimum Gasteiger partial charge on any atom is -0.394 e. The Morgan fingerprint density at radius 1 is 0.574 bits per heavy atom. The summed E-state index contributed by atoms with van der Waals surface area (Å²) in [6.45, 7) is 3.63. The molecule has 0 aliphatic carbocycles. The van der Waals surface area contributed by atoms with Crippen LogP contribution in [0.1, 0.15) is 155 Å². The number of hydrogen-bond donors (Lipinski definition) is 6. The van der Waals surface area contributed by atoms with Gasteiger partial charge in [0.2, 0.25) is 5.91 Å². The average Bonchev–Trinajstić information content (AvgIpc) is 3.26. The SMILES string of the molecule is CC/C=C\C/C=C\C/C=C\C/C=C\C/C=C\C/C=C\C/C=C\C/C=C\C/C=C\CCCC(=O)NC(COC1OC(CO)C(O)C(O)C1O)C(O)CCCCCCCCCCC. The van der Waals surface area contributed by atoms with Gasteiger partial charge in [-0.25, -0.2) is 0 Å². The second-order valence-corrected chi connectivity index (χ2v) is 15.8. The quantitative estimate of drug-likeness (QED) is 0.0267. The number of amides is 1. The van der Waals surface area contributed by atoms with E-state index < -0.39 is 49.5 Å². The molecule has 0 saturated carbocycles. The largest absolute Gasteiger partial charge is 0.394 e. The van der Waals surface area contributed by atoms with Gasteiger partial charge in [0.1, 0.15) is 24.4 Å². The zero-order valence-electron chi connectivity index (χ0n) is 37.9. The van der Waals surface area contributed by atoms with E-state index in [4.69, 9.17) is 9.47 Å². The number of aliphatic hydroxyl groups is 5. The van der Waals surface area contributed by atoms with Crippen molar-refractivity contribution in [1.29, 1.82) is 0 Å². The number of allylic oxidation sites excluding steroid dienone is 18. The van der Waals surface area contributed by atoms with Gasteiger partial charge in [-0.3, -0.25) is 4.79 Å². The lowest BCUT2D eigenvalue weighted by molar-refractivity contribution is -0.302. The van der Waals surface area contributed by atoms with Gasteiger partial charge in [0.15, 0.2) is 6.29 Å². The molecule has 0 aromatic rings. The Morgan fingerprint density at radius 3 is 1.44 bits per heavy atom. The van der Waals surface area contributed by atoms with Gasteiger partial charge in [-0.15, -0.1) is 0 Å². The molecule has 346 valence electrons. The lowest BCUT2D eigenvalue weighted by Gasteiger charge is -2.40. The van der Waals surface area contributed by atoms with Gasteiger partial charge in [-0.2, -0.15) is 0 Å². The molecule has 1 aliphatic rings. The van der Waals surface area contributed by atoms with Gasteiger partial charge in [-0.05, 0) is 77.0 Å². The molecule has 1 saturated heterocycles. The smallest absolute Gasteiger partial charge is 0.220 e. The fourth-order valence-electron chi connectivity index (χ4n) is 6.63. The first-order chi connectivity index (χ1) is 29.8. The van der Waals surface area contributed by atoms with Gasteiger partial charge >= 0.3 is 0 Å². The number of ether oxygens (including phenoxy) is 2. The summed E-state index contributed by atoms with van der Waals surface area (Å²) in [6.07, 6.45) is 52.6. The second-order valence-electron chi connectivity index (χ2n) is 15.8. The van der Waals surface area contributed by atoms with Crippen molar-refractivity contribution in [1.82, 2.24) is 5.32 Å². The highest BCUT2D eigenvalue weighted by atomic mass is 16.7. The van der Waals surface area contributed by atoms with Crippen LogP contribution in [0.5, 0.6) is 0 Å². The molecule has 9 heteroatoms. The van der Waals surface area contributed by atoms with Crippen molar-refractivity contribution < 1.29 is 39.8 Å². The predicted molar refractivity (Wildman–Crippen MR) is 253 cm³/mol. The molecule has 1 amide bonds. The summed E-state index contributed by atoms with van der Waals surface area (Å²) in [5, 5.41) is 54.1. The van der Waals surface area contributed by atoms with Crippen LogP contribution in [0, 0.1) is 0 Å². The number of carbonyl (C=O) groups is 1. The number of rotatable bonds is 37. The molecule has 1 aliphatic heterocycles. The van der Waals surface area contributed by atoms with Crippen LogP contribution in [0.2, 0.25) is 0 Å². The first-order valence-corrected chi connectivity index (χ1v) is 23.6. The average molecular weight is 852 g/mol. The summed E-state index contributed by atoms with van der Waals surface area (Å²) in [5.41, 5.74) is 0. The maximum atomic E-state index is 12.9. The van der Waals surface area contributed by atoms with E-state index in [9.17, 15) is 30.3 Å². The Hall–Kier alpha value is -3.15. The molecule has 0 spiro atoms. The summed E-state index contributed by atoms with van der Waals surface area (Å²) >= 11 is 0. The third kappa shape index (κ3) is 31.4. The first-order valence-electron chi connectivity index (χ1n) is 23.6. The van der Waals surface area contributed by atoms with E-state index in [-0.39, 0.29) is 18.9 Å². The van der Waals surface area contributed by atoms with Crippen molar-refractivity contribution in [2.75, 3.05) is 13.2 Å². The molecule has 6 N–H and O–H groups in total. The monoisotopic (exact) mass is 852 g/mol. The highest BCUT2D eigenvalue weighted by molar-refractivity contribution is 5.76. The van der Waals surface area contributed by atoms with Crippen LogP contribution in [-0.4, -0.2) is 87.5 Å². The molecule has 0 aromatic carbocycles. The van der Waals surface area contributed by atoms with Crippen LogP contribution in [0.15, 0.2) is 109 Å². The van der Waals surface area contributed by atoms with Gasteiger partial charge in [-0.1, -0.05) is 181 Å². The summed E-state index contributed by atoms with van der Waals surface area (Å²) in [4.78, 5) is 12.9. The van der Waals surface area contributed by atoms with E-state index in [0.717, 1.165) is 83.5 Å². The third-order valence-corrected chi connectivity index (χ3v) is 10.4. The van der Waals surface area contributed by atoms with Gasteiger partial charge in [0, 0.05) is 6.42 Å². The standard InChI is InChI=1S/C52H85NO8/c1-3-5-7-9-11-13-14-15-16-17-18-19-20-21-22-23-24-25-26-27-28-29-30-31-32-34-36-38-40-42-48(56)53-45(46(55)41-39-37-35-33-12-10-8-6-4-2)44-60-52-51(59)50(58)49(57)47(43-54)61-52/h5,7,11,13,15-16,18-19,21-22,24-25,27-28,30-31,34,36,45-47,49-52,54-55,57-59H,3-4,6,8-10,12,14,17,20,23,26,29,32-33,35,37-44H2,1-2H3,(H,53,56)/b7-5-,13-11-,16-15-,19-18-,22-21-,25-24-,28-27-,31-30-,36-34-. The van der Waals surface area contributed by atoms with Crippen molar-refractivity contribution in [3.63, 3.8) is 0 Å². The predicted octanol–water partition coefficient (Wildman–Crippen LogP) is 10.3. The topological polar surface area (TPSA) is 149 Å². The minimum absolute atomic E-state index is 0.170. The van der Waals surface area contributed by atoms with E-state index in [1.165, 1.54) is 38.5 Å². The molecule has 0 aromatic heterocycles. The Balaban J connectivity index is 2.30. The van der Waals surface area contributed by atoms with Gasteiger partial charge < -0.3 is 40.3 Å². The molecule has 61 heavy (non-hydrogen) atoms. The molecule has 1 fully saturated rings. The number of carbonyl (C=O) groups excluding carboxylic acids is 1. The Labute approximate surface area is 370 Å². The number of unbranched alkanes of at least 4 members (excludes halogenated alkanes) is 9. The Bertz CT molecular complexity index is 1310. The second kappa shape index (κ2) is 40.9. The van der Waals surface area contributed by atoms with Crippen molar-refractivity contribution in [2.24, 2.45) is 0 Å². The number of nitrogens with one attached hydrogen (secondary N) is 1. The lowest BCUT2D eigenvalue weighted by atomic mass is 9.99. The van der Waals surface area contributed by atoms with E-state index in [0.29, 0.717) is 12.8 Å². The van der Waals surface area contributed by atoms with E-state index in [1.54, 1.807) is 0 Å². The van der Waals surface area contributed by atoms with Crippen LogP contribution < -0.4 is 5.32 Å². The molecule has 1 heterocycles. The zero-order valence-corrected chi connectivity index (χ0v) is 37.9. The highest BCUT2D eigenvalue weighted by Gasteiger charge is 2.44. The van der Waals surface area contributed by atoms with Gasteiger partial charge in [0.25, 0.3) is 0 Å². The number of aliphatic hydroxyl groups excluding tert-OH is 5. The van der Waals surface area contributed by atoms with Crippen LogP contribution >= 0.6 is 0 Å². The van der Waals surface area contributed by atoms with Crippen LogP contribution in [0.4, 0.5) is 0 Å². The summed E-state index contributed by atoms with van der Waals surface area (Å²) < 4.78 is 11.2. The summed E-state index contributed by atoms with van der Waals surface area (Å²) in [6, 6.07) is -0.755. The lowest BCUT2D eigenvalue weighted by Crippen LogP contribution is -2.60. The fraction of sp³-hybridized carbons (Fsp3) is 0.635. The fourth-order valence-corrected chi connectivity index (χ4v) is 6.63. The van der Waals surface area contributed by atoms with Crippen molar-refractivity contribution in [2.45, 2.75) is 198 Å². The first kappa shape index (κ1) is 55.9. The van der Waals surface area contributed by atoms with E-state index in [2.05, 4.69) is 129 Å². The summed E-state index contributed by atoms with van der Waals surface area (Å²) in [7, 11) is 0. The molecular formula is C52H85NO8. The van der Waals surface area contributed by atoms with Crippen molar-refractivity contribution in [3.8, 4) is 0 Å². The zero-order chi connectivity index (χ0) is 44.4.